The highest BCUT2D eigenvalue weighted by Crippen LogP contribution is 2.41. The molecule has 1 saturated carbocycles. The highest BCUT2D eigenvalue weighted by atomic mass is 79.9. The number of carbonyl (C=O) groups is 1. The van der Waals surface area contributed by atoms with E-state index in [0.29, 0.717) is 16.1 Å². The second-order valence-corrected chi connectivity index (χ2v) is 4.60. The van der Waals surface area contributed by atoms with Crippen molar-refractivity contribution in [3.63, 3.8) is 0 Å². The number of ketones is 1. The fourth-order valence-corrected chi connectivity index (χ4v) is 2.04. The summed E-state index contributed by atoms with van der Waals surface area (Å²) in [6.07, 6.45) is 1.61. The molecule has 1 aromatic carbocycles. The number of hydrogen-bond donors (Lipinski definition) is 0. The molecule has 0 atom stereocenters. The van der Waals surface area contributed by atoms with Crippen LogP contribution in [0.3, 0.4) is 0 Å². The summed E-state index contributed by atoms with van der Waals surface area (Å²) in [6, 6.07) is 7.07. The van der Waals surface area contributed by atoms with E-state index in [9.17, 15) is 4.79 Å². The zero-order valence-electron chi connectivity index (χ0n) is 8.00. The van der Waals surface area contributed by atoms with Gasteiger partial charge < -0.3 is 4.74 Å². The largest absolute Gasteiger partial charge is 0.479 e. The Morgan fingerprint density at radius 2 is 2.00 bits per heavy atom. The Hall–Kier alpha value is -0.540. The number of halogens is 2. The molecule has 0 radical (unpaired) electrons. The van der Waals surface area contributed by atoms with E-state index >= 15 is 0 Å². The molecule has 1 aliphatic carbocycles. The minimum Gasteiger partial charge on any atom is -0.479 e. The van der Waals surface area contributed by atoms with E-state index in [0.717, 1.165) is 12.8 Å². The molecular weight excluding hydrogens is 279 g/mol. The second kappa shape index (κ2) is 4.14. The van der Waals surface area contributed by atoms with E-state index in [2.05, 4.69) is 15.9 Å². The third kappa shape index (κ3) is 2.34. The number of alkyl halides is 1. The van der Waals surface area contributed by atoms with Crippen molar-refractivity contribution >= 4 is 33.3 Å². The molecule has 0 aromatic heterocycles. The highest BCUT2D eigenvalue weighted by molar-refractivity contribution is 9.09. The predicted octanol–water partition coefficient (Wildman–Crippen LogP) is 3.22. The van der Waals surface area contributed by atoms with Gasteiger partial charge in [0.25, 0.3) is 0 Å². The van der Waals surface area contributed by atoms with Gasteiger partial charge in [0.15, 0.2) is 11.4 Å². The molecule has 4 heteroatoms. The van der Waals surface area contributed by atoms with Crippen LogP contribution >= 0.6 is 27.5 Å². The first-order valence-corrected chi connectivity index (χ1v) is 6.20. The van der Waals surface area contributed by atoms with Crippen molar-refractivity contribution in [3.8, 4) is 5.75 Å². The van der Waals surface area contributed by atoms with Crippen molar-refractivity contribution in [2.45, 2.75) is 18.4 Å². The number of carbonyl (C=O) groups excluding carboxylic acids is 1. The first-order valence-electron chi connectivity index (χ1n) is 4.70. The lowest BCUT2D eigenvalue weighted by Gasteiger charge is -2.15. The SMILES string of the molecule is O=C(CBr)C1(Oc2ccc(Cl)cc2)CC1. The maximum Gasteiger partial charge on any atom is 0.186 e. The van der Waals surface area contributed by atoms with Crippen molar-refractivity contribution in [2.24, 2.45) is 0 Å². The maximum atomic E-state index is 11.6. The second-order valence-electron chi connectivity index (χ2n) is 3.61. The average Bonchev–Trinajstić information content (AvgIpc) is 3.01. The fourth-order valence-electron chi connectivity index (χ4n) is 1.40. The van der Waals surface area contributed by atoms with Gasteiger partial charge in [0, 0.05) is 5.02 Å². The quantitative estimate of drug-likeness (QED) is 0.796. The molecule has 1 fully saturated rings. The van der Waals surface area contributed by atoms with Crippen LogP contribution < -0.4 is 4.74 Å². The molecule has 80 valence electrons. The fraction of sp³-hybridized carbons (Fsp3) is 0.364. The molecule has 0 amide bonds. The topological polar surface area (TPSA) is 26.3 Å². The molecule has 2 rings (SSSR count). The van der Waals surface area contributed by atoms with Crippen LogP contribution in [0.25, 0.3) is 0 Å². The van der Waals surface area contributed by atoms with Crippen LogP contribution in [0.4, 0.5) is 0 Å². The minimum absolute atomic E-state index is 0.109. The molecule has 2 nitrogen and oxygen atoms in total. The first kappa shape index (κ1) is 11.0. The van der Waals surface area contributed by atoms with Gasteiger partial charge in [0.2, 0.25) is 0 Å². The van der Waals surface area contributed by atoms with Gasteiger partial charge in [-0.3, -0.25) is 4.79 Å². The summed E-state index contributed by atoms with van der Waals surface area (Å²) in [5.41, 5.74) is -0.572. The van der Waals surface area contributed by atoms with Gasteiger partial charge in [0.05, 0.1) is 5.33 Å². The van der Waals surface area contributed by atoms with E-state index < -0.39 is 5.60 Å². The van der Waals surface area contributed by atoms with Gasteiger partial charge in [-0.1, -0.05) is 27.5 Å². The van der Waals surface area contributed by atoms with Crippen molar-refractivity contribution in [1.82, 2.24) is 0 Å². The van der Waals surface area contributed by atoms with E-state index in [4.69, 9.17) is 16.3 Å². The Balaban J connectivity index is 2.09. The number of benzene rings is 1. The third-order valence-electron chi connectivity index (χ3n) is 2.46. The van der Waals surface area contributed by atoms with Crippen molar-refractivity contribution in [2.75, 3.05) is 5.33 Å². The Morgan fingerprint density at radius 1 is 1.40 bits per heavy atom. The molecule has 0 heterocycles. The summed E-state index contributed by atoms with van der Waals surface area (Å²) in [4.78, 5) is 11.6. The average molecular weight is 290 g/mol. The maximum absolute atomic E-state index is 11.6. The van der Waals surface area contributed by atoms with Gasteiger partial charge in [-0.05, 0) is 37.1 Å². The van der Waals surface area contributed by atoms with E-state index in [1.54, 1.807) is 24.3 Å². The van der Waals surface area contributed by atoms with Gasteiger partial charge in [-0.15, -0.1) is 0 Å². The van der Waals surface area contributed by atoms with Crippen molar-refractivity contribution in [1.29, 1.82) is 0 Å². The third-order valence-corrected chi connectivity index (χ3v) is 3.22. The zero-order valence-corrected chi connectivity index (χ0v) is 10.3. The molecule has 1 aromatic rings. The van der Waals surface area contributed by atoms with Crippen LogP contribution in [-0.4, -0.2) is 16.7 Å². The molecule has 0 unspecified atom stereocenters. The lowest BCUT2D eigenvalue weighted by atomic mass is 10.2. The summed E-state index contributed by atoms with van der Waals surface area (Å²) in [6.45, 7) is 0. The van der Waals surface area contributed by atoms with Crippen molar-refractivity contribution < 1.29 is 9.53 Å². The van der Waals surface area contributed by atoms with Crippen LogP contribution in [0.1, 0.15) is 12.8 Å². The Morgan fingerprint density at radius 3 is 2.47 bits per heavy atom. The van der Waals surface area contributed by atoms with Crippen LogP contribution in [0.5, 0.6) is 5.75 Å². The predicted molar refractivity (Wildman–Crippen MR) is 62.8 cm³/mol. The number of Topliss-reactive ketones (excluding diaryl/α,β-unsaturated/α-hetero) is 1. The van der Waals surface area contributed by atoms with Gasteiger partial charge in [-0.25, -0.2) is 0 Å². The minimum atomic E-state index is -0.572. The highest BCUT2D eigenvalue weighted by Gasteiger charge is 2.51. The van der Waals surface area contributed by atoms with E-state index in [-0.39, 0.29) is 5.78 Å². The number of rotatable bonds is 4. The first-order chi connectivity index (χ1) is 7.16. The molecule has 15 heavy (non-hydrogen) atoms. The van der Waals surface area contributed by atoms with E-state index in [1.165, 1.54) is 0 Å². The summed E-state index contributed by atoms with van der Waals surface area (Å²) in [7, 11) is 0. The monoisotopic (exact) mass is 288 g/mol. The molecule has 0 saturated heterocycles. The Bertz CT molecular complexity index is 371. The molecule has 1 aliphatic rings. The zero-order chi connectivity index (χ0) is 10.9. The van der Waals surface area contributed by atoms with Crippen LogP contribution in [0.2, 0.25) is 5.02 Å². The molecule has 0 aliphatic heterocycles. The lowest BCUT2D eigenvalue weighted by Crippen LogP contribution is -2.30. The normalized spacial score (nSPS) is 17.2. The van der Waals surface area contributed by atoms with Crippen LogP contribution in [0, 0.1) is 0 Å². The van der Waals surface area contributed by atoms with Crippen LogP contribution in [-0.2, 0) is 4.79 Å². The van der Waals surface area contributed by atoms with Gasteiger partial charge >= 0.3 is 0 Å². The molecule has 0 N–H and O–H groups in total. The standard InChI is InChI=1S/C11H10BrClO2/c12-7-10(14)11(5-6-11)15-9-3-1-8(13)2-4-9/h1-4H,5-7H2. The Kier molecular flexibility index (Phi) is 3.03. The van der Waals surface area contributed by atoms with E-state index in [1.807, 2.05) is 0 Å². The Labute approximate surface area is 102 Å². The van der Waals surface area contributed by atoms with Gasteiger partial charge in [-0.2, -0.15) is 0 Å². The smallest absolute Gasteiger partial charge is 0.186 e. The van der Waals surface area contributed by atoms with Crippen LogP contribution in [0.15, 0.2) is 24.3 Å². The van der Waals surface area contributed by atoms with Crippen molar-refractivity contribution in [3.05, 3.63) is 29.3 Å². The summed E-state index contributed by atoms with van der Waals surface area (Å²) >= 11 is 8.92. The summed E-state index contributed by atoms with van der Waals surface area (Å²) in [5, 5.41) is 1.01. The molecule has 0 bridgehead atoms. The van der Waals surface area contributed by atoms with Gasteiger partial charge in [0.1, 0.15) is 5.75 Å². The number of hydrogen-bond acceptors (Lipinski definition) is 2. The summed E-state index contributed by atoms with van der Waals surface area (Å²) in [5.74, 6) is 0.809. The molecular formula is C11H10BrClO2. The number of ether oxygens (including phenoxy) is 1. The lowest BCUT2D eigenvalue weighted by molar-refractivity contribution is -0.124. The summed E-state index contributed by atoms with van der Waals surface area (Å²) < 4.78 is 5.68. The molecule has 0 spiro atoms.